The van der Waals surface area contributed by atoms with Crippen LogP contribution in [0.25, 0.3) is 0 Å². The first kappa shape index (κ1) is 19.5. The summed E-state index contributed by atoms with van der Waals surface area (Å²) in [5.74, 6) is -0.550. The third kappa shape index (κ3) is 5.09. The van der Waals surface area contributed by atoms with Crippen LogP contribution in [-0.2, 0) is 11.0 Å². The summed E-state index contributed by atoms with van der Waals surface area (Å²) in [6.45, 7) is 0.0659. The molecule has 2 N–H and O–H groups in total. The number of alkyl halides is 3. The summed E-state index contributed by atoms with van der Waals surface area (Å²) >= 11 is 5.51. The predicted molar refractivity (Wildman–Crippen MR) is 91.3 cm³/mol. The predicted octanol–water partition coefficient (Wildman–Crippen LogP) is 4.71. The van der Waals surface area contributed by atoms with Crippen LogP contribution in [0.2, 0.25) is 5.02 Å². The average molecular weight is 388 g/mol. The van der Waals surface area contributed by atoms with Gasteiger partial charge in [0.05, 0.1) is 15.5 Å². The zero-order valence-corrected chi connectivity index (χ0v) is 13.9. The average Bonchev–Trinajstić information content (AvgIpc) is 2.56. The molecule has 138 valence electrons. The number of hydrogen-bond donors (Lipinski definition) is 2. The Bertz CT molecular complexity index is 828. The van der Waals surface area contributed by atoms with E-state index < -0.39 is 27.6 Å². The minimum Gasteiger partial charge on any atom is -0.379 e. The van der Waals surface area contributed by atoms with E-state index in [1.54, 1.807) is 6.07 Å². The summed E-state index contributed by atoms with van der Waals surface area (Å²) in [5.41, 5.74) is -0.982. The summed E-state index contributed by atoms with van der Waals surface area (Å²) in [4.78, 5) is 22.2. The molecule has 10 heteroatoms. The van der Waals surface area contributed by atoms with Crippen molar-refractivity contribution in [2.45, 2.75) is 12.6 Å². The number of carbonyl (C=O) groups is 1. The SMILES string of the molecule is O=C(CCNc1ccccc1[N+](=O)[O-])Nc1ccc(Cl)c(C(F)(F)F)c1. The first-order valence-corrected chi connectivity index (χ1v) is 7.70. The Morgan fingerprint density at radius 2 is 1.88 bits per heavy atom. The Balaban J connectivity index is 1.95. The highest BCUT2D eigenvalue weighted by molar-refractivity contribution is 6.31. The Morgan fingerprint density at radius 1 is 1.19 bits per heavy atom. The lowest BCUT2D eigenvalue weighted by molar-refractivity contribution is -0.384. The summed E-state index contributed by atoms with van der Waals surface area (Å²) in [7, 11) is 0. The Kier molecular flexibility index (Phi) is 6.04. The van der Waals surface area contributed by atoms with Crippen LogP contribution in [0, 0.1) is 10.1 Å². The van der Waals surface area contributed by atoms with Gasteiger partial charge in [0.2, 0.25) is 5.91 Å². The fourth-order valence-corrected chi connectivity index (χ4v) is 2.36. The number of rotatable bonds is 6. The smallest absolute Gasteiger partial charge is 0.379 e. The van der Waals surface area contributed by atoms with Crippen molar-refractivity contribution in [3.63, 3.8) is 0 Å². The van der Waals surface area contributed by atoms with Gasteiger partial charge in [-0.2, -0.15) is 13.2 Å². The van der Waals surface area contributed by atoms with Crippen molar-refractivity contribution < 1.29 is 22.9 Å². The van der Waals surface area contributed by atoms with E-state index in [9.17, 15) is 28.1 Å². The second-order valence-electron chi connectivity index (χ2n) is 5.19. The lowest BCUT2D eigenvalue weighted by atomic mass is 10.2. The molecular weight excluding hydrogens is 375 g/mol. The van der Waals surface area contributed by atoms with Crippen LogP contribution < -0.4 is 10.6 Å². The normalized spacial score (nSPS) is 11.1. The quantitative estimate of drug-likeness (QED) is 0.555. The highest BCUT2D eigenvalue weighted by atomic mass is 35.5. The van der Waals surface area contributed by atoms with Gasteiger partial charge < -0.3 is 10.6 Å². The lowest BCUT2D eigenvalue weighted by Gasteiger charge is -2.12. The zero-order chi connectivity index (χ0) is 19.3. The summed E-state index contributed by atoms with van der Waals surface area (Å²) in [6.07, 6.45) is -4.73. The molecule has 1 amide bonds. The summed E-state index contributed by atoms with van der Waals surface area (Å²) in [6, 6.07) is 8.96. The van der Waals surface area contributed by atoms with E-state index in [4.69, 9.17) is 11.6 Å². The van der Waals surface area contributed by atoms with E-state index in [1.165, 1.54) is 24.3 Å². The number of anilines is 2. The highest BCUT2D eigenvalue weighted by Crippen LogP contribution is 2.36. The van der Waals surface area contributed by atoms with Gasteiger partial charge in [-0.15, -0.1) is 0 Å². The standard InChI is InChI=1S/C16H13ClF3N3O3/c17-12-6-5-10(9-11(12)16(18,19)20)22-15(24)7-8-21-13-3-1-2-4-14(13)23(25)26/h1-6,9,21H,7-8H2,(H,22,24). The lowest BCUT2D eigenvalue weighted by Crippen LogP contribution is -2.17. The van der Waals surface area contributed by atoms with E-state index in [0.717, 1.165) is 12.1 Å². The van der Waals surface area contributed by atoms with Crippen LogP contribution in [0.4, 0.5) is 30.2 Å². The van der Waals surface area contributed by atoms with Gasteiger partial charge in [0.25, 0.3) is 5.69 Å². The molecule has 0 aliphatic heterocycles. The molecular formula is C16H13ClF3N3O3. The molecule has 0 unspecified atom stereocenters. The fraction of sp³-hybridized carbons (Fsp3) is 0.188. The van der Waals surface area contributed by atoms with Crippen molar-refractivity contribution in [1.29, 1.82) is 0 Å². The van der Waals surface area contributed by atoms with Gasteiger partial charge in [-0.25, -0.2) is 0 Å². The maximum Gasteiger partial charge on any atom is 0.417 e. The van der Waals surface area contributed by atoms with Crippen LogP contribution in [0.5, 0.6) is 0 Å². The molecule has 0 saturated carbocycles. The topological polar surface area (TPSA) is 84.3 Å². The molecule has 0 heterocycles. The first-order chi connectivity index (χ1) is 12.2. The van der Waals surface area contributed by atoms with Gasteiger partial charge >= 0.3 is 6.18 Å². The van der Waals surface area contributed by atoms with Gasteiger partial charge in [0.1, 0.15) is 5.69 Å². The van der Waals surface area contributed by atoms with Crippen molar-refractivity contribution >= 4 is 34.6 Å². The molecule has 0 saturated heterocycles. The number of nitro groups is 1. The molecule has 0 aliphatic rings. The van der Waals surface area contributed by atoms with Crippen LogP contribution in [0.1, 0.15) is 12.0 Å². The van der Waals surface area contributed by atoms with E-state index in [0.29, 0.717) is 0 Å². The van der Waals surface area contributed by atoms with Gasteiger partial charge in [-0.1, -0.05) is 23.7 Å². The van der Waals surface area contributed by atoms with Crippen LogP contribution in [-0.4, -0.2) is 17.4 Å². The van der Waals surface area contributed by atoms with E-state index >= 15 is 0 Å². The van der Waals surface area contributed by atoms with Crippen molar-refractivity contribution in [3.8, 4) is 0 Å². The Labute approximate surface area is 151 Å². The summed E-state index contributed by atoms with van der Waals surface area (Å²) in [5, 5.41) is 15.5. The summed E-state index contributed by atoms with van der Waals surface area (Å²) < 4.78 is 38.4. The maximum atomic E-state index is 12.8. The number of nitrogens with one attached hydrogen (secondary N) is 2. The largest absolute Gasteiger partial charge is 0.417 e. The second-order valence-corrected chi connectivity index (χ2v) is 5.60. The number of halogens is 4. The molecule has 0 radical (unpaired) electrons. The number of nitro benzene ring substituents is 1. The van der Waals surface area contributed by atoms with E-state index in [-0.39, 0.29) is 30.0 Å². The molecule has 0 spiro atoms. The molecule has 2 aromatic carbocycles. The third-order valence-corrected chi connectivity index (χ3v) is 3.65. The minimum atomic E-state index is -4.63. The van der Waals surface area contributed by atoms with Crippen LogP contribution >= 0.6 is 11.6 Å². The third-order valence-electron chi connectivity index (χ3n) is 3.32. The first-order valence-electron chi connectivity index (χ1n) is 7.32. The monoisotopic (exact) mass is 387 g/mol. The molecule has 0 fully saturated rings. The number of amides is 1. The minimum absolute atomic E-state index is 0.0441. The van der Waals surface area contributed by atoms with E-state index in [1.807, 2.05) is 0 Å². The Hall–Kier alpha value is -2.81. The molecule has 26 heavy (non-hydrogen) atoms. The van der Waals surface area contributed by atoms with Crippen LogP contribution in [0.15, 0.2) is 42.5 Å². The molecule has 0 aromatic heterocycles. The van der Waals surface area contributed by atoms with Gasteiger partial charge in [0.15, 0.2) is 0 Å². The highest BCUT2D eigenvalue weighted by Gasteiger charge is 2.33. The molecule has 0 atom stereocenters. The maximum absolute atomic E-state index is 12.8. The number of hydrogen-bond acceptors (Lipinski definition) is 4. The number of para-hydroxylation sites is 2. The molecule has 2 aromatic rings. The van der Waals surface area contributed by atoms with Crippen molar-refractivity contribution in [1.82, 2.24) is 0 Å². The van der Waals surface area contributed by atoms with Crippen molar-refractivity contribution in [3.05, 3.63) is 63.2 Å². The molecule has 0 bridgehead atoms. The van der Waals surface area contributed by atoms with Crippen molar-refractivity contribution in [2.24, 2.45) is 0 Å². The van der Waals surface area contributed by atoms with Crippen LogP contribution in [0.3, 0.4) is 0 Å². The molecule has 0 aliphatic carbocycles. The fourth-order valence-electron chi connectivity index (χ4n) is 2.14. The van der Waals surface area contributed by atoms with E-state index in [2.05, 4.69) is 10.6 Å². The zero-order valence-electron chi connectivity index (χ0n) is 13.1. The Morgan fingerprint density at radius 3 is 2.54 bits per heavy atom. The molecule has 2 rings (SSSR count). The second kappa shape index (κ2) is 8.05. The number of carbonyl (C=O) groups excluding carboxylic acids is 1. The van der Waals surface area contributed by atoms with Gasteiger partial charge in [-0.3, -0.25) is 14.9 Å². The van der Waals surface area contributed by atoms with Gasteiger partial charge in [-0.05, 0) is 24.3 Å². The van der Waals surface area contributed by atoms with Crippen molar-refractivity contribution in [2.75, 3.05) is 17.2 Å². The van der Waals surface area contributed by atoms with Gasteiger partial charge in [0, 0.05) is 24.7 Å². The number of benzene rings is 2. The number of nitrogens with zero attached hydrogens (tertiary/aromatic N) is 1. The molecule has 6 nitrogen and oxygen atoms in total.